The number of carbonyl (C=O) groups excluding carboxylic acids is 2. The molecule has 0 aliphatic carbocycles. The molecule has 9 heteroatoms. The van der Waals surface area contributed by atoms with E-state index in [0.717, 1.165) is 10.5 Å². The Bertz CT molecular complexity index is 1040. The highest BCUT2D eigenvalue weighted by Crippen LogP contribution is 2.25. The number of nitrogens with one attached hydrogen (secondary N) is 1. The number of benzene rings is 2. The first kappa shape index (κ1) is 25.2. The van der Waals surface area contributed by atoms with E-state index < -0.39 is 33.4 Å². The third kappa shape index (κ3) is 7.26. The van der Waals surface area contributed by atoms with Gasteiger partial charge in [0, 0.05) is 5.69 Å². The number of hydrogen-bond acceptors (Lipinski definition) is 6. The van der Waals surface area contributed by atoms with Crippen molar-refractivity contribution in [2.45, 2.75) is 64.6 Å². The second kappa shape index (κ2) is 9.20. The minimum absolute atomic E-state index is 0.122. The summed E-state index contributed by atoms with van der Waals surface area (Å²) in [7, 11) is -3.79. The van der Waals surface area contributed by atoms with Crippen LogP contribution in [0.5, 0.6) is 0 Å². The van der Waals surface area contributed by atoms with Crippen molar-refractivity contribution in [3.8, 4) is 0 Å². The van der Waals surface area contributed by atoms with Crippen LogP contribution in [0.4, 0.5) is 21.0 Å². The van der Waals surface area contributed by atoms with Crippen LogP contribution < -0.4 is 9.62 Å². The van der Waals surface area contributed by atoms with Crippen LogP contribution in [0.3, 0.4) is 0 Å². The molecule has 0 saturated heterocycles. The maximum Gasteiger partial charge on any atom is 0.424 e. The van der Waals surface area contributed by atoms with Crippen molar-refractivity contribution in [3.05, 3.63) is 54.1 Å². The smallest absolute Gasteiger partial charge is 0.424 e. The molecule has 174 valence electrons. The first-order valence-corrected chi connectivity index (χ1v) is 11.5. The number of rotatable bonds is 4. The summed E-state index contributed by atoms with van der Waals surface area (Å²) < 4.78 is 38.3. The maximum absolute atomic E-state index is 12.7. The van der Waals surface area contributed by atoms with Gasteiger partial charge in [-0.2, -0.15) is 4.90 Å². The molecule has 0 saturated carbocycles. The summed E-state index contributed by atoms with van der Waals surface area (Å²) in [6.45, 7) is 12.0. The zero-order valence-electron chi connectivity index (χ0n) is 19.4. The largest absolute Gasteiger partial charge is 0.443 e. The van der Waals surface area contributed by atoms with Crippen molar-refractivity contribution < 1.29 is 27.5 Å². The van der Waals surface area contributed by atoms with Crippen LogP contribution >= 0.6 is 0 Å². The van der Waals surface area contributed by atoms with Crippen molar-refractivity contribution in [2.24, 2.45) is 0 Å². The normalized spacial score (nSPS) is 12.1. The van der Waals surface area contributed by atoms with E-state index in [1.54, 1.807) is 53.7 Å². The Morgan fingerprint density at radius 3 is 1.62 bits per heavy atom. The predicted molar refractivity (Wildman–Crippen MR) is 123 cm³/mol. The summed E-state index contributed by atoms with van der Waals surface area (Å²) in [4.78, 5) is 26.3. The lowest BCUT2D eigenvalue weighted by molar-refractivity contribution is 0.0430. The van der Waals surface area contributed by atoms with Gasteiger partial charge in [0.05, 0.1) is 10.6 Å². The van der Waals surface area contributed by atoms with Crippen LogP contribution in [0.25, 0.3) is 0 Å². The topological polar surface area (TPSA) is 102 Å². The van der Waals surface area contributed by atoms with Gasteiger partial charge in [-0.05, 0) is 84.9 Å². The second-order valence-corrected chi connectivity index (χ2v) is 10.9. The Morgan fingerprint density at radius 1 is 0.781 bits per heavy atom. The lowest BCUT2D eigenvalue weighted by atomic mass is 10.2. The molecular formula is C23H30N2O6S. The van der Waals surface area contributed by atoms with E-state index in [0.29, 0.717) is 0 Å². The van der Waals surface area contributed by atoms with E-state index in [1.807, 2.05) is 6.92 Å². The van der Waals surface area contributed by atoms with Gasteiger partial charge in [0.2, 0.25) is 0 Å². The van der Waals surface area contributed by atoms with Crippen LogP contribution in [0.1, 0.15) is 47.1 Å². The molecule has 1 N–H and O–H groups in total. The number of hydrogen-bond donors (Lipinski definition) is 1. The second-order valence-electron chi connectivity index (χ2n) is 9.26. The molecule has 0 spiro atoms. The van der Waals surface area contributed by atoms with Gasteiger partial charge in [-0.15, -0.1) is 0 Å². The molecular weight excluding hydrogens is 432 g/mol. The van der Waals surface area contributed by atoms with Crippen molar-refractivity contribution >= 4 is 33.6 Å². The SMILES string of the molecule is Cc1ccc(S(=O)(=O)Nc2ccc(N(C(=O)OC(C)(C)C)C(=O)OC(C)(C)C)cc2)cc1. The number of amides is 2. The average molecular weight is 463 g/mol. The number of ether oxygens (including phenoxy) is 2. The van der Waals surface area contributed by atoms with E-state index in [1.165, 1.54) is 36.4 Å². The first-order chi connectivity index (χ1) is 14.6. The van der Waals surface area contributed by atoms with Gasteiger partial charge < -0.3 is 9.47 Å². The fourth-order valence-corrected chi connectivity index (χ4v) is 3.57. The van der Waals surface area contributed by atoms with Crippen LogP contribution in [-0.2, 0) is 19.5 Å². The highest BCUT2D eigenvalue weighted by atomic mass is 32.2. The van der Waals surface area contributed by atoms with Gasteiger partial charge in [-0.25, -0.2) is 18.0 Å². The molecule has 0 aliphatic heterocycles. The van der Waals surface area contributed by atoms with E-state index >= 15 is 0 Å². The fourth-order valence-electron chi connectivity index (χ4n) is 2.51. The van der Waals surface area contributed by atoms with Gasteiger partial charge in [0.1, 0.15) is 11.2 Å². The van der Waals surface area contributed by atoms with E-state index in [-0.39, 0.29) is 16.3 Å². The third-order valence-electron chi connectivity index (χ3n) is 3.86. The first-order valence-electron chi connectivity index (χ1n) is 10.0. The lowest BCUT2D eigenvalue weighted by Crippen LogP contribution is -2.43. The van der Waals surface area contributed by atoms with E-state index in [2.05, 4.69) is 4.72 Å². The molecule has 2 rings (SSSR count). The fraction of sp³-hybridized carbons (Fsp3) is 0.391. The Kier molecular flexibility index (Phi) is 7.24. The molecule has 2 aromatic carbocycles. The minimum atomic E-state index is -3.79. The molecule has 2 amide bonds. The van der Waals surface area contributed by atoms with Gasteiger partial charge in [0.25, 0.3) is 10.0 Å². The molecule has 0 unspecified atom stereocenters. The molecule has 32 heavy (non-hydrogen) atoms. The third-order valence-corrected chi connectivity index (χ3v) is 5.26. The Morgan fingerprint density at radius 2 is 1.22 bits per heavy atom. The van der Waals surface area contributed by atoms with Crippen molar-refractivity contribution in [1.29, 1.82) is 0 Å². The molecule has 0 radical (unpaired) electrons. The zero-order valence-corrected chi connectivity index (χ0v) is 20.2. The predicted octanol–water partition coefficient (Wildman–Crippen LogP) is 5.47. The lowest BCUT2D eigenvalue weighted by Gasteiger charge is -2.28. The number of anilines is 2. The molecule has 0 aliphatic rings. The molecule has 8 nitrogen and oxygen atoms in total. The molecule has 0 heterocycles. The Hall–Kier alpha value is -3.07. The highest BCUT2D eigenvalue weighted by molar-refractivity contribution is 7.92. The minimum Gasteiger partial charge on any atom is -0.443 e. The maximum atomic E-state index is 12.7. The monoisotopic (exact) mass is 462 g/mol. The van der Waals surface area contributed by atoms with Gasteiger partial charge >= 0.3 is 12.2 Å². The summed E-state index contributed by atoms with van der Waals surface area (Å²) >= 11 is 0. The number of aryl methyl sites for hydroxylation is 1. The summed E-state index contributed by atoms with van der Waals surface area (Å²) in [5.41, 5.74) is -0.283. The number of imide groups is 1. The summed E-state index contributed by atoms with van der Waals surface area (Å²) in [5, 5.41) is 0. The molecule has 0 bridgehead atoms. The quantitative estimate of drug-likeness (QED) is 0.646. The summed E-state index contributed by atoms with van der Waals surface area (Å²) in [5.74, 6) is 0. The molecule has 0 fully saturated rings. The van der Waals surface area contributed by atoms with Crippen LogP contribution in [-0.4, -0.2) is 31.8 Å². The number of nitrogens with zero attached hydrogens (tertiary/aromatic N) is 1. The summed E-state index contributed by atoms with van der Waals surface area (Å²) in [6.07, 6.45) is -1.81. The van der Waals surface area contributed by atoms with E-state index in [4.69, 9.17) is 9.47 Å². The summed E-state index contributed by atoms with van der Waals surface area (Å²) in [6, 6.07) is 12.2. The van der Waals surface area contributed by atoms with Crippen molar-refractivity contribution in [1.82, 2.24) is 0 Å². The molecule has 2 aromatic rings. The van der Waals surface area contributed by atoms with Gasteiger partial charge in [-0.1, -0.05) is 17.7 Å². The van der Waals surface area contributed by atoms with Crippen molar-refractivity contribution in [3.63, 3.8) is 0 Å². The highest BCUT2D eigenvalue weighted by Gasteiger charge is 2.32. The number of carbonyl (C=O) groups is 2. The van der Waals surface area contributed by atoms with Crippen LogP contribution in [0.15, 0.2) is 53.4 Å². The van der Waals surface area contributed by atoms with Crippen molar-refractivity contribution in [2.75, 3.05) is 9.62 Å². The van der Waals surface area contributed by atoms with Gasteiger partial charge in [0.15, 0.2) is 0 Å². The Labute approximate surface area is 189 Å². The molecule has 0 aromatic heterocycles. The van der Waals surface area contributed by atoms with E-state index in [9.17, 15) is 18.0 Å². The van der Waals surface area contributed by atoms with Gasteiger partial charge in [-0.3, -0.25) is 4.72 Å². The van der Waals surface area contributed by atoms with Crippen LogP contribution in [0.2, 0.25) is 0 Å². The standard InChI is InChI=1S/C23H30N2O6S/c1-16-8-14-19(15-9-16)32(28,29)24-17-10-12-18(13-11-17)25(20(26)30-22(2,3)4)21(27)31-23(5,6)7/h8-15,24H,1-7H3. The van der Waals surface area contributed by atoms with Crippen LogP contribution in [0, 0.1) is 6.92 Å². The zero-order chi connectivity index (χ0) is 24.3. The number of sulfonamides is 1. The molecule has 0 atom stereocenters. The average Bonchev–Trinajstić information content (AvgIpc) is 2.60. The Balaban J connectivity index is 2.30.